The fraction of sp³-hybridized carbons (Fsp3) is 0.952. The molecule has 0 aliphatic rings. The minimum atomic E-state index is -1.68. The van der Waals surface area contributed by atoms with Crippen molar-refractivity contribution in [1.82, 2.24) is 5.32 Å². The maximum absolute atomic E-state index is 11.9. The van der Waals surface area contributed by atoms with Crippen LogP contribution in [0.5, 0.6) is 0 Å². The Morgan fingerprint density at radius 2 is 1.31 bits per heavy atom. The Morgan fingerprint density at radius 1 is 0.828 bits per heavy atom. The number of hydrogen-bond acceptors (Lipinski definition) is 8. The molecule has 0 bridgehead atoms. The Kier molecular flexibility index (Phi) is 17.6. The lowest BCUT2D eigenvalue weighted by molar-refractivity contribution is -0.146. The summed E-state index contributed by atoms with van der Waals surface area (Å²) in [5.41, 5.74) is 0. The molecule has 6 N–H and O–H groups in total. The van der Waals surface area contributed by atoms with E-state index in [0.717, 1.165) is 19.3 Å². The molecule has 0 amide bonds. The van der Waals surface area contributed by atoms with E-state index >= 15 is 0 Å². The normalized spacial score (nSPS) is 16.8. The Bertz CT molecular complexity index is 397. The SMILES string of the molecule is CCCCCCCCCCCCOC(=O)C(C)NC[C@H](O)[C@@H](O)[C@H](O)[C@H](O)CO. The van der Waals surface area contributed by atoms with Crippen molar-refractivity contribution in [2.45, 2.75) is 109 Å². The highest BCUT2D eigenvalue weighted by Gasteiger charge is 2.30. The zero-order chi connectivity index (χ0) is 22.1. The molecule has 8 heteroatoms. The molecule has 0 spiro atoms. The number of aliphatic hydroxyl groups is 5. The van der Waals surface area contributed by atoms with Gasteiger partial charge in [-0.1, -0.05) is 64.7 Å². The summed E-state index contributed by atoms with van der Waals surface area (Å²) in [6.07, 6.45) is 5.73. The predicted molar refractivity (Wildman–Crippen MR) is 111 cm³/mol. The molecule has 0 aromatic carbocycles. The van der Waals surface area contributed by atoms with Gasteiger partial charge in [-0.25, -0.2) is 0 Å². The molecule has 0 saturated heterocycles. The number of rotatable bonds is 19. The molecule has 29 heavy (non-hydrogen) atoms. The van der Waals surface area contributed by atoms with Crippen LogP contribution in [0.3, 0.4) is 0 Å². The summed E-state index contributed by atoms with van der Waals surface area (Å²) in [7, 11) is 0. The number of nitrogens with one attached hydrogen (secondary N) is 1. The average molecular weight is 422 g/mol. The van der Waals surface area contributed by atoms with Crippen molar-refractivity contribution in [1.29, 1.82) is 0 Å². The molecule has 0 rings (SSSR count). The molecular formula is C21H43NO7. The molecule has 1 unspecified atom stereocenters. The van der Waals surface area contributed by atoms with E-state index in [1.807, 2.05) is 0 Å². The fourth-order valence-electron chi connectivity index (χ4n) is 2.95. The standard InChI is InChI=1S/C21H43NO7/c1-3-4-5-6-7-8-9-10-11-12-13-29-21(28)16(2)22-14-17(24)19(26)20(27)18(25)15-23/h16-20,22-27H,3-15H2,1-2H3/t16?,17-,18+,19+,20+/m0/s1. The van der Waals surface area contributed by atoms with Crippen LogP contribution >= 0.6 is 0 Å². The summed E-state index contributed by atoms with van der Waals surface area (Å²) in [6, 6.07) is -0.681. The maximum atomic E-state index is 11.9. The second-order valence-corrected chi connectivity index (χ2v) is 7.78. The van der Waals surface area contributed by atoms with Gasteiger partial charge in [0, 0.05) is 6.54 Å². The molecule has 5 atom stereocenters. The highest BCUT2D eigenvalue weighted by Crippen LogP contribution is 2.10. The van der Waals surface area contributed by atoms with Gasteiger partial charge < -0.3 is 35.6 Å². The topological polar surface area (TPSA) is 139 Å². The lowest BCUT2D eigenvalue weighted by atomic mass is 10.0. The zero-order valence-corrected chi connectivity index (χ0v) is 18.1. The first-order chi connectivity index (χ1) is 13.8. The van der Waals surface area contributed by atoms with Gasteiger partial charge in [0.2, 0.25) is 0 Å². The molecule has 0 heterocycles. The van der Waals surface area contributed by atoms with Crippen LogP contribution in [0.15, 0.2) is 0 Å². The van der Waals surface area contributed by atoms with Crippen molar-refractivity contribution in [3.63, 3.8) is 0 Å². The van der Waals surface area contributed by atoms with Crippen molar-refractivity contribution in [3.8, 4) is 0 Å². The lowest BCUT2D eigenvalue weighted by Gasteiger charge is -2.26. The minimum absolute atomic E-state index is 0.176. The molecule has 0 radical (unpaired) electrons. The number of carbonyl (C=O) groups excluding carboxylic acids is 1. The number of unbranched alkanes of at least 4 members (excludes halogenated alkanes) is 9. The van der Waals surface area contributed by atoms with Gasteiger partial charge in [-0.2, -0.15) is 0 Å². The van der Waals surface area contributed by atoms with Crippen LogP contribution in [0.4, 0.5) is 0 Å². The average Bonchev–Trinajstić information content (AvgIpc) is 2.73. The van der Waals surface area contributed by atoms with E-state index in [2.05, 4.69) is 12.2 Å². The van der Waals surface area contributed by atoms with Crippen molar-refractivity contribution in [2.24, 2.45) is 0 Å². The van der Waals surface area contributed by atoms with Crippen LogP contribution in [0, 0.1) is 0 Å². The molecule has 0 fully saturated rings. The van der Waals surface area contributed by atoms with E-state index in [4.69, 9.17) is 9.84 Å². The first-order valence-corrected chi connectivity index (χ1v) is 11.1. The molecule has 0 saturated carbocycles. The fourth-order valence-corrected chi connectivity index (χ4v) is 2.95. The maximum Gasteiger partial charge on any atom is 0.322 e. The van der Waals surface area contributed by atoms with Gasteiger partial charge >= 0.3 is 5.97 Å². The largest absolute Gasteiger partial charge is 0.465 e. The van der Waals surface area contributed by atoms with Crippen LogP contribution < -0.4 is 5.32 Å². The Balaban J connectivity index is 3.74. The summed E-state index contributed by atoms with van der Waals surface area (Å²) in [5.74, 6) is -0.446. The van der Waals surface area contributed by atoms with Crippen LogP contribution in [0.25, 0.3) is 0 Å². The summed E-state index contributed by atoms with van der Waals surface area (Å²) >= 11 is 0. The summed E-state index contributed by atoms with van der Waals surface area (Å²) < 4.78 is 5.20. The molecular weight excluding hydrogens is 378 g/mol. The van der Waals surface area contributed by atoms with Crippen LogP contribution in [-0.4, -0.2) is 81.7 Å². The van der Waals surface area contributed by atoms with E-state index < -0.39 is 43.0 Å². The molecule has 8 nitrogen and oxygen atoms in total. The Hall–Kier alpha value is -0.770. The molecule has 0 aliphatic carbocycles. The van der Waals surface area contributed by atoms with E-state index in [1.54, 1.807) is 6.92 Å². The number of ether oxygens (including phenoxy) is 1. The molecule has 0 aromatic heterocycles. The summed E-state index contributed by atoms with van der Waals surface area (Å²) in [5, 5.41) is 49.9. The number of hydrogen-bond donors (Lipinski definition) is 6. The van der Waals surface area contributed by atoms with E-state index in [1.165, 1.54) is 44.9 Å². The van der Waals surface area contributed by atoms with Crippen molar-refractivity contribution < 1.29 is 35.1 Å². The molecule has 0 aromatic rings. The van der Waals surface area contributed by atoms with Gasteiger partial charge in [0.15, 0.2) is 0 Å². The first kappa shape index (κ1) is 28.2. The Labute approximate surface area is 175 Å². The third-order valence-corrected chi connectivity index (χ3v) is 5.05. The van der Waals surface area contributed by atoms with Crippen LogP contribution in [-0.2, 0) is 9.53 Å². The summed E-state index contributed by atoms with van der Waals surface area (Å²) in [6.45, 7) is 3.24. The van der Waals surface area contributed by atoms with E-state index in [-0.39, 0.29) is 6.54 Å². The highest BCUT2D eigenvalue weighted by molar-refractivity contribution is 5.75. The monoisotopic (exact) mass is 421 g/mol. The van der Waals surface area contributed by atoms with Gasteiger partial charge in [-0.15, -0.1) is 0 Å². The minimum Gasteiger partial charge on any atom is -0.465 e. The molecule has 174 valence electrons. The third-order valence-electron chi connectivity index (χ3n) is 5.05. The molecule has 0 aliphatic heterocycles. The van der Waals surface area contributed by atoms with Crippen molar-refractivity contribution in [2.75, 3.05) is 19.8 Å². The third kappa shape index (κ3) is 14.0. The second-order valence-electron chi connectivity index (χ2n) is 7.78. The lowest BCUT2D eigenvalue weighted by Crippen LogP contribution is -2.50. The second kappa shape index (κ2) is 18.0. The predicted octanol–water partition coefficient (Wildman–Crippen LogP) is 0.864. The zero-order valence-electron chi connectivity index (χ0n) is 18.1. The van der Waals surface area contributed by atoms with Crippen LogP contribution in [0.2, 0.25) is 0 Å². The van der Waals surface area contributed by atoms with Gasteiger partial charge in [-0.3, -0.25) is 4.79 Å². The van der Waals surface area contributed by atoms with Crippen molar-refractivity contribution in [3.05, 3.63) is 0 Å². The number of esters is 1. The van der Waals surface area contributed by atoms with Gasteiger partial charge in [0.05, 0.1) is 19.3 Å². The first-order valence-electron chi connectivity index (χ1n) is 11.1. The van der Waals surface area contributed by atoms with Gasteiger partial charge in [-0.05, 0) is 13.3 Å². The van der Waals surface area contributed by atoms with Crippen LogP contribution in [0.1, 0.15) is 78.1 Å². The van der Waals surface area contributed by atoms with Gasteiger partial charge in [0.1, 0.15) is 24.4 Å². The quantitative estimate of drug-likeness (QED) is 0.133. The Morgan fingerprint density at radius 3 is 1.83 bits per heavy atom. The number of aliphatic hydroxyl groups excluding tert-OH is 5. The van der Waals surface area contributed by atoms with Gasteiger partial charge in [0.25, 0.3) is 0 Å². The van der Waals surface area contributed by atoms with E-state index in [0.29, 0.717) is 6.61 Å². The van der Waals surface area contributed by atoms with Crippen molar-refractivity contribution >= 4 is 5.97 Å². The summed E-state index contributed by atoms with van der Waals surface area (Å²) in [4.78, 5) is 11.9. The smallest absolute Gasteiger partial charge is 0.322 e. The highest BCUT2D eigenvalue weighted by atomic mass is 16.5. The van der Waals surface area contributed by atoms with E-state index in [9.17, 15) is 25.2 Å². The number of carbonyl (C=O) groups is 1.